The van der Waals surface area contributed by atoms with E-state index in [1.54, 1.807) is 28.0 Å². The standard InChI is InChI=1S/C18H19N3O3S2/c22-26(23,18-7-4-12-25-18)21-10-8-20(9-11-21)14-17-19-13-16(24-17)15-5-2-1-3-6-15/h1-7,12-13H,8-11,14H2. The van der Waals surface area contributed by atoms with Gasteiger partial charge >= 0.3 is 0 Å². The van der Waals surface area contributed by atoms with Crippen LogP contribution in [0.15, 0.2) is 62.7 Å². The van der Waals surface area contributed by atoms with Crippen LogP contribution in [0.5, 0.6) is 0 Å². The van der Waals surface area contributed by atoms with Gasteiger partial charge in [0.1, 0.15) is 4.21 Å². The molecule has 3 heterocycles. The molecule has 8 heteroatoms. The van der Waals surface area contributed by atoms with Gasteiger partial charge in [0.15, 0.2) is 5.76 Å². The molecule has 6 nitrogen and oxygen atoms in total. The van der Waals surface area contributed by atoms with E-state index in [1.165, 1.54) is 11.3 Å². The summed E-state index contributed by atoms with van der Waals surface area (Å²) in [4.78, 5) is 6.52. The van der Waals surface area contributed by atoms with Gasteiger partial charge in [-0.1, -0.05) is 36.4 Å². The van der Waals surface area contributed by atoms with E-state index in [9.17, 15) is 8.42 Å². The lowest BCUT2D eigenvalue weighted by Crippen LogP contribution is -2.48. The van der Waals surface area contributed by atoms with Crippen LogP contribution in [0.4, 0.5) is 0 Å². The first-order valence-electron chi connectivity index (χ1n) is 8.39. The SMILES string of the molecule is O=S(=O)(c1cccs1)N1CCN(Cc2ncc(-c3ccccc3)o2)CC1. The van der Waals surface area contributed by atoms with E-state index in [1.807, 2.05) is 30.3 Å². The van der Waals surface area contributed by atoms with Gasteiger partial charge in [0.25, 0.3) is 10.0 Å². The number of rotatable bonds is 5. The van der Waals surface area contributed by atoms with Crippen LogP contribution in [0.2, 0.25) is 0 Å². The summed E-state index contributed by atoms with van der Waals surface area (Å²) >= 11 is 1.26. The van der Waals surface area contributed by atoms with Crippen molar-refractivity contribution in [2.75, 3.05) is 26.2 Å². The van der Waals surface area contributed by atoms with Crippen molar-refractivity contribution in [2.24, 2.45) is 0 Å². The number of hydrogen-bond acceptors (Lipinski definition) is 6. The third-order valence-electron chi connectivity index (χ3n) is 4.39. The topological polar surface area (TPSA) is 66.7 Å². The quantitative estimate of drug-likeness (QED) is 0.671. The van der Waals surface area contributed by atoms with Crippen LogP contribution in [0.1, 0.15) is 5.89 Å². The van der Waals surface area contributed by atoms with Crippen molar-refractivity contribution < 1.29 is 12.8 Å². The van der Waals surface area contributed by atoms with Gasteiger partial charge in [-0.05, 0) is 11.4 Å². The van der Waals surface area contributed by atoms with E-state index in [4.69, 9.17) is 4.42 Å². The van der Waals surface area contributed by atoms with Crippen molar-refractivity contribution in [3.63, 3.8) is 0 Å². The fraction of sp³-hybridized carbons (Fsp3) is 0.278. The Kier molecular flexibility index (Phi) is 4.90. The Morgan fingerprint density at radius 1 is 1.04 bits per heavy atom. The minimum Gasteiger partial charge on any atom is -0.439 e. The highest BCUT2D eigenvalue weighted by Crippen LogP contribution is 2.23. The van der Waals surface area contributed by atoms with Crippen molar-refractivity contribution >= 4 is 21.4 Å². The number of aromatic nitrogens is 1. The van der Waals surface area contributed by atoms with Crippen LogP contribution < -0.4 is 0 Å². The van der Waals surface area contributed by atoms with Gasteiger partial charge in [-0.25, -0.2) is 13.4 Å². The van der Waals surface area contributed by atoms with Gasteiger partial charge in [0, 0.05) is 31.7 Å². The fourth-order valence-corrected chi connectivity index (χ4v) is 5.54. The molecule has 1 saturated heterocycles. The molecular weight excluding hydrogens is 370 g/mol. The molecule has 0 amide bonds. The normalized spacial score (nSPS) is 16.8. The molecule has 1 aliphatic rings. The van der Waals surface area contributed by atoms with E-state index in [0.717, 1.165) is 11.3 Å². The molecule has 0 aliphatic carbocycles. The molecule has 26 heavy (non-hydrogen) atoms. The molecule has 0 bridgehead atoms. The molecule has 0 atom stereocenters. The van der Waals surface area contributed by atoms with Crippen molar-refractivity contribution in [3.05, 3.63) is 59.9 Å². The van der Waals surface area contributed by atoms with Gasteiger partial charge in [0.2, 0.25) is 5.89 Å². The third kappa shape index (κ3) is 3.59. The molecular formula is C18H19N3O3S2. The van der Waals surface area contributed by atoms with E-state index < -0.39 is 10.0 Å². The molecule has 136 valence electrons. The second-order valence-corrected chi connectivity index (χ2v) is 9.21. The third-order valence-corrected chi connectivity index (χ3v) is 7.66. The Bertz CT molecular complexity index is 945. The summed E-state index contributed by atoms with van der Waals surface area (Å²) < 4.78 is 32.9. The number of sulfonamides is 1. The molecule has 1 fully saturated rings. The van der Waals surface area contributed by atoms with Crippen molar-refractivity contribution in [3.8, 4) is 11.3 Å². The lowest BCUT2D eigenvalue weighted by molar-refractivity contribution is 0.169. The zero-order valence-electron chi connectivity index (χ0n) is 14.1. The van der Waals surface area contributed by atoms with E-state index in [2.05, 4.69) is 9.88 Å². The maximum Gasteiger partial charge on any atom is 0.252 e. The number of piperazine rings is 1. The van der Waals surface area contributed by atoms with Gasteiger partial charge in [0.05, 0.1) is 12.7 Å². The number of benzene rings is 1. The molecule has 1 aromatic carbocycles. The molecule has 0 unspecified atom stereocenters. The summed E-state index contributed by atoms with van der Waals surface area (Å²) in [6.45, 7) is 2.86. The van der Waals surface area contributed by atoms with Gasteiger partial charge in [-0.15, -0.1) is 11.3 Å². The molecule has 1 aliphatic heterocycles. The smallest absolute Gasteiger partial charge is 0.252 e. The summed E-state index contributed by atoms with van der Waals surface area (Å²) in [7, 11) is -3.36. The molecule has 0 radical (unpaired) electrons. The maximum atomic E-state index is 12.6. The minimum atomic E-state index is -3.36. The van der Waals surface area contributed by atoms with E-state index >= 15 is 0 Å². The van der Waals surface area contributed by atoms with Gasteiger partial charge in [-0.2, -0.15) is 4.31 Å². The molecule has 0 saturated carbocycles. The minimum absolute atomic E-state index is 0.408. The molecule has 3 aromatic rings. The number of nitrogens with zero attached hydrogens (tertiary/aromatic N) is 3. The first-order chi connectivity index (χ1) is 12.6. The molecule has 2 aromatic heterocycles. The second kappa shape index (κ2) is 7.32. The maximum absolute atomic E-state index is 12.6. The Morgan fingerprint density at radius 2 is 1.81 bits per heavy atom. The summed E-state index contributed by atoms with van der Waals surface area (Å²) in [6, 6.07) is 13.3. The Balaban J connectivity index is 1.37. The van der Waals surface area contributed by atoms with Crippen molar-refractivity contribution in [1.29, 1.82) is 0 Å². The van der Waals surface area contributed by atoms with Crippen LogP contribution in [0, 0.1) is 0 Å². The molecule has 0 spiro atoms. The summed E-state index contributed by atoms with van der Waals surface area (Å²) in [5.41, 5.74) is 0.998. The summed E-state index contributed by atoms with van der Waals surface area (Å²) in [5, 5.41) is 1.79. The summed E-state index contributed by atoms with van der Waals surface area (Å²) in [5.74, 6) is 1.40. The van der Waals surface area contributed by atoms with E-state index in [0.29, 0.717) is 42.8 Å². The van der Waals surface area contributed by atoms with Gasteiger partial charge < -0.3 is 4.42 Å². The van der Waals surface area contributed by atoms with Crippen LogP contribution in [0.3, 0.4) is 0 Å². The van der Waals surface area contributed by atoms with Crippen molar-refractivity contribution in [1.82, 2.24) is 14.2 Å². The highest BCUT2D eigenvalue weighted by Gasteiger charge is 2.29. The van der Waals surface area contributed by atoms with Crippen molar-refractivity contribution in [2.45, 2.75) is 10.8 Å². The van der Waals surface area contributed by atoms with E-state index in [-0.39, 0.29) is 0 Å². The number of oxazole rings is 1. The second-order valence-electron chi connectivity index (χ2n) is 6.10. The highest BCUT2D eigenvalue weighted by molar-refractivity contribution is 7.91. The van der Waals surface area contributed by atoms with Gasteiger partial charge in [-0.3, -0.25) is 4.90 Å². The predicted octanol–water partition coefficient (Wildman–Crippen LogP) is 2.91. The Labute approximate surface area is 156 Å². The first-order valence-corrected chi connectivity index (χ1v) is 10.7. The monoisotopic (exact) mass is 389 g/mol. The van der Waals surface area contributed by atoms with Crippen LogP contribution >= 0.6 is 11.3 Å². The average molecular weight is 390 g/mol. The zero-order chi connectivity index (χ0) is 18.0. The number of thiophene rings is 1. The lowest BCUT2D eigenvalue weighted by atomic mass is 10.2. The molecule has 0 N–H and O–H groups in total. The first kappa shape index (κ1) is 17.4. The highest BCUT2D eigenvalue weighted by atomic mass is 32.2. The number of hydrogen-bond donors (Lipinski definition) is 0. The molecule has 4 rings (SSSR count). The summed E-state index contributed by atoms with van der Waals surface area (Å²) in [6.07, 6.45) is 1.74. The fourth-order valence-electron chi connectivity index (χ4n) is 2.98. The van der Waals surface area contributed by atoms with Crippen LogP contribution in [-0.2, 0) is 16.6 Å². The lowest BCUT2D eigenvalue weighted by Gasteiger charge is -2.32. The largest absolute Gasteiger partial charge is 0.439 e. The van der Waals surface area contributed by atoms with Crippen LogP contribution in [0.25, 0.3) is 11.3 Å². The zero-order valence-corrected chi connectivity index (χ0v) is 15.7. The average Bonchev–Trinajstić information content (AvgIpc) is 3.35. The van der Waals surface area contributed by atoms with Crippen LogP contribution in [-0.4, -0.2) is 48.8 Å². The Morgan fingerprint density at radius 3 is 2.50 bits per heavy atom. The Hall–Kier alpha value is -2.00. The predicted molar refractivity (Wildman–Crippen MR) is 100 cm³/mol.